The zero-order chi connectivity index (χ0) is 17.2. The van der Waals surface area contributed by atoms with Crippen molar-refractivity contribution in [2.24, 2.45) is 0 Å². The van der Waals surface area contributed by atoms with Crippen LogP contribution in [0.5, 0.6) is 0 Å². The molecule has 0 N–H and O–H groups in total. The molecule has 0 aliphatic rings. The average molecular weight is 352 g/mol. The van der Waals surface area contributed by atoms with E-state index < -0.39 is 15.0 Å². The molecule has 0 saturated heterocycles. The van der Waals surface area contributed by atoms with Crippen LogP contribution in [0.25, 0.3) is 0 Å². The lowest BCUT2D eigenvalue weighted by Crippen LogP contribution is -2.01. The van der Waals surface area contributed by atoms with Crippen molar-refractivity contribution in [2.75, 3.05) is 33.4 Å². The van der Waals surface area contributed by atoms with Gasteiger partial charge in [-0.2, -0.15) is 0 Å². The lowest BCUT2D eigenvalue weighted by molar-refractivity contribution is 0.278. The molecule has 0 aromatic heterocycles. The molecule has 5 nitrogen and oxygen atoms in total. The Balaban J connectivity index is 4.54. The van der Waals surface area contributed by atoms with Gasteiger partial charge >= 0.3 is 7.60 Å². The minimum Gasteiger partial charge on any atom is -0.331 e. The Morgan fingerprint density at radius 3 is 1.95 bits per heavy atom. The van der Waals surface area contributed by atoms with Crippen LogP contribution in [0.4, 0.5) is 0 Å². The second-order valence-corrected chi connectivity index (χ2v) is 11.0. The third kappa shape index (κ3) is 9.07. The monoisotopic (exact) mass is 352 g/mol. The first kappa shape index (κ1) is 21.8. The zero-order valence-electron chi connectivity index (χ0n) is 14.6. The molecule has 0 aliphatic carbocycles. The van der Waals surface area contributed by atoms with E-state index in [0.717, 1.165) is 12.8 Å². The highest BCUT2D eigenvalue weighted by Gasteiger charge is 2.34. The van der Waals surface area contributed by atoms with Gasteiger partial charge in [0.2, 0.25) is 7.37 Å². The molecule has 1 atom stereocenters. The third-order valence-corrected chi connectivity index (χ3v) is 9.16. The highest BCUT2D eigenvalue weighted by atomic mass is 31.2. The van der Waals surface area contributed by atoms with Crippen molar-refractivity contribution in [2.45, 2.75) is 40.0 Å². The second-order valence-electron chi connectivity index (χ2n) is 5.50. The van der Waals surface area contributed by atoms with Gasteiger partial charge in [-0.05, 0) is 40.0 Å². The van der Waals surface area contributed by atoms with Crippen LogP contribution in [-0.2, 0) is 22.7 Å². The molecule has 0 aliphatic heterocycles. The summed E-state index contributed by atoms with van der Waals surface area (Å²) in [5.74, 6) is -0.186. The van der Waals surface area contributed by atoms with Crippen LogP contribution >= 0.6 is 15.0 Å². The first-order valence-electron chi connectivity index (χ1n) is 7.33. The molecule has 0 aromatic rings. The molecule has 0 heterocycles. The Labute approximate surface area is 135 Å². The van der Waals surface area contributed by atoms with Crippen LogP contribution in [0.15, 0.2) is 23.3 Å². The number of hydrogen-bond donors (Lipinski definition) is 0. The van der Waals surface area contributed by atoms with Crippen molar-refractivity contribution in [1.82, 2.24) is 0 Å². The van der Waals surface area contributed by atoms with Crippen molar-refractivity contribution in [3.63, 3.8) is 0 Å². The van der Waals surface area contributed by atoms with Crippen LogP contribution in [-0.4, -0.2) is 33.4 Å². The smallest absolute Gasteiger partial charge is 0.331 e. The van der Waals surface area contributed by atoms with Gasteiger partial charge in [-0.3, -0.25) is 9.13 Å². The van der Waals surface area contributed by atoms with E-state index in [4.69, 9.17) is 13.6 Å². The molecule has 22 heavy (non-hydrogen) atoms. The molecule has 0 aromatic carbocycles. The maximum Gasteiger partial charge on any atom is 0.339 e. The van der Waals surface area contributed by atoms with Gasteiger partial charge in [0.05, 0.1) is 0 Å². The van der Waals surface area contributed by atoms with E-state index in [1.54, 1.807) is 0 Å². The van der Waals surface area contributed by atoms with Crippen LogP contribution in [0.2, 0.25) is 0 Å². The minimum atomic E-state index is -3.33. The van der Waals surface area contributed by atoms with Crippen molar-refractivity contribution in [3.8, 4) is 0 Å². The molecule has 0 radical (unpaired) electrons. The highest BCUT2D eigenvalue weighted by molar-refractivity contribution is 7.73. The quantitative estimate of drug-likeness (QED) is 0.366. The van der Waals surface area contributed by atoms with E-state index in [9.17, 15) is 9.13 Å². The van der Waals surface area contributed by atoms with Gasteiger partial charge in [0, 0.05) is 27.5 Å². The van der Waals surface area contributed by atoms with E-state index in [1.165, 1.54) is 32.5 Å². The van der Waals surface area contributed by atoms with Gasteiger partial charge in [0.15, 0.2) is 0 Å². The van der Waals surface area contributed by atoms with Crippen LogP contribution < -0.4 is 0 Å². The number of rotatable bonds is 11. The first-order valence-corrected chi connectivity index (χ1v) is 11.1. The summed E-state index contributed by atoms with van der Waals surface area (Å²) in [7, 11) is -2.40. The molecule has 0 bridgehead atoms. The van der Waals surface area contributed by atoms with Gasteiger partial charge in [0.25, 0.3) is 0 Å². The molecule has 1 unspecified atom stereocenters. The Morgan fingerprint density at radius 2 is 1.50 bits per heavy atom. The fraction of sp³-hybridized carbons (Fsp3) is 0.733. The molecule has 7 heteroatoms. The summed E-state index contributed by atoms with van der Waals surface area (Å²) >= 11 is 0. The summed E-state index contributed by atoms with van der Waals surface area (Å²) in [6.07, 6.45) is 7.21. The summed E-state index contributed by atoms with van der Waals surface area (Å²) in [6.45, 7) is 6.22. The molecule has 0 spiro atoms. The average Bonchev–Trinajstić information content (AvgIpc) is 2.46. The molecule has 0 fully saturated rings. The fourth-order valence-corrected chi connectivity index (χ4v) is 6.79. The normalized spacial score (nSPS) is 15.5. The minimum absolute atomic E-state index is 0.186. The summed E-state index contributed by atoms with van der Waals surface area (Å²) in [6, 6.07) is 0. The summed E-state index contributed by atoms with van der Waals surface area (Å²) in [5.41, 5.74) is 2.56. The maximum absolute atomic E-state index is 12.6. The largest absolute Gasteiger partial charge is 0.339 e. The van der Waals surface area contributed by atoms with Gasteiger partial charge in [-0.1, -0.05) is 23.3 Å². The van der Waals surface area contributed by atoms with E-state index in [1.807, 2.05) is 0 Å². The maximum atomic E-state index is 12.6. The SMILES string of the molecule is COP(=O)(CCC=C(C)CCC=C(C)C)CP(=O)(OC)OC. The summed E-state index contributed by atoms with van der Waals surface area (Å²) < 4.78 is 39.5. The van der Waals surface area contributed by atoms with Crippen molar-refractivity contribution in [3.05, 3.63) is 23.3 Å². The Kier molecular flexibility index (Phi) is 10.5. The van der Waals surface area contributed by atoms with Crippen LogP contribution in [0.1, 0.15) is 40.0 Å². The van der Waals surface area contributed by atoms with Crippen molar-refractivity contribution < 1.29 is 22.7 Å². The lowest BCUT2D eigenvalue weighted by Gasteiger charge is -2.20. The second kappa shape index (κ2) is 10.6. The molecule has 0 saturated carbocycles. The third-order valence-electron chi connectivity index (χ3n) is 3.33. The summed E-state index contributed by atoms with van der Waals surface area (Å²) in [4.78, 5) is 0. The predicted molar refractivity (Wildman–Crippen MR) is 93.0 cm³/mol. The van der Waals surface area contributed by atoms with Gasteiger partial charge < -0.3 is 13.6 Å². The van der Waals surface area contributed by atoms with Gasteiger partial charge in [-0.15, -0.1) is 0 Å². The van der Waals surface area contributed by atoms with Crippen molar-refractivity contribution >= 4 is 15.0 Å². The Bertz CT molecular complexity index is 470. The van der Waals surface area contributed by atoms with E-state index in [0.29, 0.717) is 12.6 Å². The van der Waals surface area contributed by atoms with E-state index in [-0.39, 0.29) is 5.90 Å². The molecule has 0 rings (SSSR count). The van der Waals surface area contributed by atoms with E-state index >= 15 is 0 Å². The number of allylic oxidation sites excluding steroid dienone is 4. The lowest BCUT2D eigenvalue weighted by atomic mass is 10.1. The molecular formula is C15H30O5P2. The summed E-state index contributed by atoms with van der Waals surface area (Å²) in [5, 5.41) is 0. The first-order chi connectivity index (χ1) is 10.2. The molecule has 130 valence electrons. The van der Waals surface area contributed by atoms with Crippen LogP contribution in [0, 0.1) is 0 Å². The van der Waals surface area contributed by atoms with Gasteiger partial charge in [-0.25, -0.2) is 0 Å². The van der Waals surface area contributed by atoms with Gasteiger partial charge in [0.1, 0.15) is 5.90 Å². The number of hydrogen-bond acceptors (Lipinski definition) is 5. The van der Waals surface area contributed by atoms with Crippen LogP contribution in [0.3, 0.4) is 0 Å². The highest BCUT2D eigenvalue weighted by Crippen LogP contribution is 2.62. The van der Waals surface area contributed by atoms with Crippen molar-refractivity contribution in [1.29, 1.82) is 0 Å². The van der Waals surface area contributed by atoms with E-state index in [2.05, 4.69) is 32.9 Å². The Hall–Kier alpha value is -0.180. The molecular weight excluding hydrogens is 322 g/mol. The predicted octanol–water partition coefficient (Wildman–Crippen LogP) is 5.44. The Morgan fingerprint density at radius 1 is 0.909 bits per heavy atom. The topological polar surface area (TPSA) is 61.8 Å². The fourth-order valence-electron chi connectivity index (χ4n) is 1.87. The zero-order valence-corrected chi connectivity index (χ0v) is 16.4. The molecule has 0 amide bonds. The standard InChI is InChI=1S/C15H30O5P2/c1-14(2)9-7-10-15(3)11-8-12-21(16,18-4)13-22(17,19-5)20-6/h9,11H,7-8,10,12-13H2,1-6H3.